The maximum atomic E-state index is 9.43. The standard InChI is InChI=1S/C19H18ClN5/c1-24-8-9-25(12-14(24)11-21)19-15-4-2-3-5-16(15)22-17-7-6-13(20)10-18(17)23-19/h2-7,10,14,22H,8-9,12H2,1H3. The highest BCUT2D eigenvalue weighted by molar-refractivity contribution is 6.31. The number of anilines is 2. The second-order valence-corrected chi connectivity index (χ2v) is 6.78. The van der Waals surface area contributed by atoms with E-state index in [0.29, 0.717) is 11.6 Å². The molecule has 0 aliphatic carbocycles. The number of amidine groups is 1. The van der Waals surface area contributed by atoms with Crippen molar-refractivity contribution in [2.75, 3.05) is 32.0 Å². The number of fused-ring (bicyclic) bond motifs is 2. The zero-order valence-electron chi connectivity index (χ0n) is 13.9. The summed E-state index contributed by atoms with van der Waals surface area (Å²) in [6.07, 6.45) is 0. The Hall–Kier alpha value is -2.55. The Kier molecular flexibility index (Phi) is 4.08. The summed E-state index contributed by atoms with van der Waals surface area (Å²) in [5, 5.41) is 13.5. The zero-order chi connectivity index (χ0) is 17.4. The Labute approximate surface area is 152 Å². The molecule has 1 unspecified atom stereocenters. The molecule has 25 heavy (non-hydrogen) atoms. The van der Waals surface area contributed by atoms with E-state index in [9.17, 15) is 5.26 Å². The molecule has 2 aromatic carbocycles. The molecule has 1 saturated heterocycles. The molecule has 0 bridgehead atoms. The first-order chi connectivity index (χ1) is 12.2. The Morgan fingerprint density at radius 3 is 2.88 bits per heavy atom. The van der Waals surface area contributed by atoms with E-state index in [0.717, 1.165) is 41.6 Å². The van der Waals surface area contributed by atoms with Crippen LogP contribution in [0.3, 0.4) is 0 Å². The van der Waals surface area contributed by atoms with Crippen molar-refractivity contribution in [1.29, 1.82) is 5.26 Å². The molecule has 0 radical (unpaired) electrons. The van der Waals surface area contributed by atoms with Crippen LogP contribution in [-0.2, 0) is 0 Å². The topological polar surface area (TPSA) is 54.7 Å². The molecule has 1 atom stereocenters. The monoisotopic (exact) mass is 351 g/mol. The molecule has 0 amide bonds. The summed E-state index contributed by atoms with van der Waals surface area (Å²) < 4.78 is 0. The van der Waals surface area contributed by atoms with Gasteiger partial charge in [0.15, 0.2) is 0 Å². The molecule has 0 spiro atoms. The highest BCUT2D eigenvalue weighted by Crippen LogP contribution is 2.36. The predicted octanol–water partition coefficient (Wildman–Crippen LogP) is 3.61. The van der Waals surface area contributed by atoms with Crippen LogP contribution in [0.2, 0.25) is 5.02 Å². The summed E-state index contributed by atoms with van der Waals surface area (Å²) >= 11 is 6.18. The number of likely N-dealkylation sites (N-methyl/N-ethyl adjacent to an activating group) is 1. The maximum absolute atomic E-state index is 9.43. The number of hydrogen-bond acceptors (Lipinski definition) is 5. The molecule has 1 N–H and O–H groups in total. The van der Waals surface area contributed by atoms with Gasteiger partial charge >= 0.3 is 0 Å². The second-order valence-electron chi connectivity index (χ2n) is 6.34. The first-order valence-electron chi connectivity index (χ1n) is 8.25. The Morgan fingerprint density at radius 1 is 1.20 bits per heavy atom. The average molecular weight is 352 g/mol. The van der Waals surface area contributed by atoms with Crippen molar-refractivity contribution in [2.45, 2.75) is 6.04 Å². The molecule has 5 nitrogen and oxygen atoms in total. The molecule has 1 fully saturated rings. The Bertz CT molecular complexity index is 886. The molecule has 2 aliphatic rings. The van der Waals surface area contributed by atoms with Gasteiger partial charge in [-0.25, -0.2) is 4.99 Å². The number of nitrogens with zero attached hydrogens (tertiary/aromatic N) is 4. The number of para-hydroxylation sites is 1. The smallest absolute Gasteiger partial charge is 0.138 e. The third-order valence-corrected chi connectivity index (χ3v) is 4.96. The van der Waals surface area contributed by atoms with Crippen LogP contribution >= 0.6 is 11.6 Å². The summed E-state index contributed by atoms with van der Waals surface area (Å²) in [6.45, 7) is 2.29. The fourth-order valence-electron chi connectivity index (χ4n) is 3.26. The number of halogens is 1. The summed E-state index contributed by atoms with van der Waals surface area (Å²) in [5.41, 5.74) is 3.79. The highest BCUT2D eigenvalue weighted by Gasteiger charge is 2.29. The fraction of sp³-hybridized carbons (Fsp3) is 0.263. The van der Waals surface area contributed by atoms with Crippen LogP contribution in [0.5, 0.6) is 0 Å². The number of piperazine rings is 1. The summed E-state index contributed by atoms with van der Waals surface area (Å²) in [6, 6.07) is 16.0. The lowest BCUT2D eigenvalue weighted by atomic mass is 10.1. The number of rotatable bonds is 0. The van der Waals surface area contributed by atoms with E-state index in [4.69, 9.17) is 16.6 Å². The van der Waals surface area contributed by atoms with Crippen molar-refractivity contribution >= 4 is 34.5 Å². The summed E-state index contributed by atoms with van der Waals surface area (Å²) in [7, 11) is 1.99. The Morgan fingerprint density at radius 2 is 2.04 bits per heavy atom. The van der Waals surface area contributed by atoms with Gasteiger partial charge in [-0.2, -0.15) is 5.26 Å². The van der Waals surface area contributed by atoms with Crippen molar-refractivity contribution in [3.63, 3.8) is 0 Å². The van der Waals surface area contributed by atoms with Crippen molar-refractivity contribution in [3.8, 4) is 6.07 Å². The van der Waals surface area contributed by atoms with Gasteiger partial charge in [0.2, 0.25) is 0 Å². The van der Waals surface area contributed by atoms with Crippen LogP contribution in [0, 0.1) is 11.3 Å². The van der Waals surface area contributed by atoms with Crippen LogP contribution in [0.4, 0.5) is 17.1 Å². The SMILES string of the molecule is CN1CCN(C2=Nc3cc(Cl)ccc3Nc3ccccc32)CC1C#N. The van der Waals surface area contributed by atoms with Crippen molar-refractivity contribution in [3.05, 3.63) is 53.1 Å². The molecule has 6 heteroatoms. The zero-order valence-corrected chi connectivity index (χ0v) is 14.7. The number of nitriles is 1. The third kappa shape index (κ3) is 2.95. The molecule has 0 saturated carbocycles. The lowest BCUT2D eigenvalue weighted by molar-refractivity contribution is 0.175. The van der Waals surface area contributed by atoms with E-state index in [1.165, 1.54) is 0 Å². The van der Waals surface area contributed by atoms with Crippen LogP contribution in [-0.4, -0.2) is 48.4 Å². The predicted molar refractivity (Wildman–Crippen MR) is 101 cm³/mol. The van der Waals surface area contributed by atoms with Gasteiger partial charge in [0.05, 0.1) is 17.4 Å². The number of nitrogens with one attached hydrogen (secondary N) is 1. The van der Waals surface area contributed by atoms with E-state index in [-0.39, 0.29) is 6.04 Å². The molecular formula is C19H18ClN5. The van der Waals surface area contributed by atoms with Gasteiger partial charge in [0, 0.05) is 35.9 Å². The van der Waals surface area contributed by atoms with Gasteiger partial charge in [0.1, 0.15) is 11.9 Å². The molecule has 4 rings (SSSR count). The molecule has 0 aromatic heterocycles. The average Bonchev–Trinajstić information content (AvgIpc) is 2.78. The van der Waals surface area contributed by atoms with E-state index in [1.807, 2.05) is 43.4 Å². The van der Waals surface area contributed by atoms with Gasteiger partial charge in [-0.05, 0) is 37.4 Å². The minimum absolute atomic E-state index is 0.140. The molecular weight excluding hydrogens is 334 g/mol. The first-order valence-corrected chi connectivity index (χ1v) is 8.63. The lowest BCUT2D eigenvalue weighted by Gasteiger charge is -2.37. The highest BCUT2D eigenvalue weighted by atomic mass is 35.5. The fourth-order valence-corrected chi connectivity index (χ4v) is 3.42. The van der Waals surface area contributed by atoms with Crippen LogP contribution in [0.25, 0.3) is 0 Å². The summed E-state index contributed by atoms with van der Waals surface area (Å²) in [4.78, 5) is 9.21. The maximum Gasteiger partial charge on any atom is 0.138 e. The molecule has 2 aliphatic heterocycles. The van der Waals surface area contributed by atoms with Crippen molar-refractivity contribution < 1.29 is 0 Å². The van der Waals surface area contributed by atoms with Gasteiger partial charge in [-0.15, -0.1) is 0 Å². The minimum atomic E-state index is -0.140. The number of aliphatic imine (C=N–C) groups is 1. The van der Waals surface area contributed by atoms with Crippen LogP contribution in [0.15, 0.2) is 47.5 Å². The van der Waals surface area contributed by atoms with E-state index in [1.54, 1.807) is 0 Å². The van der Waals surface area contributed by atoms with Gasteiger partial charge in [-0.3, -0.25) is 4.90 Å². The Balaban J connectivity index is 1.82. The third-order valence-electron chi connectivity index (χ3n) is 4.72. The number of hydrogen-bond donors (Lipinski definition) is 1. The molecule has 126 valence electrons. The van der Waals surface area contributed by atoms with E-state index >= 15 is 0 Å². The molecule has 2 heterocycles. The second kappa shape index (κ2) is 6.40. The van der Waals surface area contributed by atoms with Gasteiger partial charge in [-0.1, -0.05) is 23.7 Å². The molecule has 2 aromatic rings. The number of benzene rings is 2. The normalized spacial score (nSPS) is 19.8. The quantitative estimate of drug-likeness (QED) is 0.787. The first kappa shape index (κ1) is 15.9. The van der Waals surface area contributed by atoms with E-state index < -0.39 is 0 Å². The summed E-state index contributed by atoms with van der Waals surface area (Å²) in [5.74, 6) is 0.887. The largest absolute Gasteiger partial charge is 0.353 e. The van der Waals surface area contributed by atoms with Gasteiger partial charge in [0.25, 0.3) is 0 Å². The van der Waals surface area contributed by atoms with Crippen molar-refractivity contribution in [1.82, 2.24) is 9.80 Å². The lowest BCUT2D eigenvalue weighted by Crippen LogP contribution is -2.52. The minimum Gasteiger partial charge on any atom is -0.353 e. The van der Waals surface area contributed by atoms with Crippen molar-refractivity contribution in [2.24, 2.45) is 4.99 Å². The van der Waals surface area contributed by atoms with E-state index in [2.05, 4.69) is 27.3 Å². The van der Waals surface area contributed by atoms with Crippen LogP contribution in [0.1, 0.15) is 5.56 Å². The van der Waals surface area contributed by atoms with Crippen LogP contribution < -0.4 is 5.32 Å². The van der Waals surface area contributed by atoms with Gasteiger partial charge < -0.3 is 10.2 Å².